The van der Waals surface area contributed by atoms with Crippen molar-refractivity contribution in [2.75, 3.05) is 13.1 Å². The Morgan fingerprint density at radius 2 is 2.22 bits per heavy atom. The number of halogens is 1. The number of nitrogens with zero attached hydrogens (tertiary/aromatic N) is 2. The molecule has 146 valence electrons. The van der Waals surface area contributed by atoms with Crippen LogP contribution >= 0.6 is 0 Å². The van der Waals surface area contributed by atoms with Gasteiger partial charge in [-0.1, -0.05) is 5.18 Å². The van der Waals surface area contributed by atoms with Crippen LogP contribution < -0.4 is 0 Å². The molecular weight excluding hydrogens is 353 g/mol. The van der Waals surface area contributed by atoms with Gasteiger partial charge in [0.15, 0.2) is 0 Å². The summed E-state index contributed by atoms with van der Waals surface area (Å²) in [6, 6.07) is 3.91. The van der Waals surface area contributed by atoms with Crippen molar-refractivity contribution in [3.8, 4) is 0 Å². The van der Waals surface area contributed by atoms with E-state index < -0.39 is 29.8 Å². The lowest BCUT2D eigenvalue weighted by Gasteiger charge is -2.32. The van der Waals surface area contributed by atoms with Gasteiger partial charge in [0.1, 0.15) is 11.4 Å². The summed E-state index contributed by atoms with van der Waals surface area (Å²) in [6.07, 6.45) is 0.774. The fraction of sp³-hybridized carbons (Fsp3) is 0.526. The molecule has 8 heteroatoms. The number of hydrogen-bond donors (Lipinski definition) is 2. The number of aromatic amines is 1. The molecule has 27 heavy (non-hydrogen) atoms. The Hall–Kier alpha value is -2.48. The Bertz CT molecular complexity index is 845. The first kappa shape index (κ1) is 19.3. The van der Waals surface area contributed by atoms with E-state index in [2.05, 4.69) is 10.2 Å². The number of aliphatic hydroxyl groups excluding tert-OH is 1. The molecule has 0 aliphatic carbocycles. The number of benzene rings is 1. The average molecular weight is 377 g/mol. The van der Waals surface area contributed by atoms with Crippen molar-refractivity contribution in [3.05, 3.63) is 40.7 Å². The van der Waals surface area contributed by atoms with Crippen molar-refractivity contribution in [1.29, 1.82) is 0 Å². The third kappa shape index (κ3) is 4.10. The second-order valence-corrected chi connectivity index (χ2v) is 7.94. The number of nitrogens with one attached hydrogen (secondary N) is 1. The third-order valence-corrected chi connectivity index (χ3v) is 4.76. The van der Waals surface area contributed by atoms with Crippen molar-refractivity contribution >= 4 is 17.0 Å². The monoisotopic (exact) mass is 377 g/mol. The van der Waals surface area contributed by atoms with E-state index >= 15 is 0 Å². The molecule has 0 saturated carbocycles. The van der Waals surface area contributed by atoms with Crippen LogP contribution in [0.25, 0.3) is 10.9 Å². The van der Waals surface area contributed by atoms with Gasteiger partial charge in [-0.3, -0.25) is 0 Å². The molecule has 1 aliphatic rings. The van der Waals surface area contributed by atoms with Gasteiger partial charge < -0.3 is 19.7 Å². The fourth-order valence-corrected chi connectivity index (χ4v) is 3.69. The summed E-state index contributed by atoms with van der Waals surface area (Å²) < 4.78 is 18.9. The Kier molecular flexibility index (Phi) is 5.19. The normalized spacial score (nSPS) is 21.4. The van der Waals surface area contributed by atoms with Crippen LogP contribution in [-0.4, -0.2) is 51.9 Å². The molecule has 1 fully saturated rings. The second-order valence-electron chi connectivity index (χ2n) is 7.94. The van der Waals surface area contributed by atoms with E-state index in [1.54, 1.807) is 33.0 Å². The number of fused-ring (bicyclic) bond motifs is 1. The van der Waals surface area contributed by atoms with Gasteiger partial charge in [0.05, 0.1) is 19.2 Å². The SMILES string of the molecule is CC(C)(C)OC(=O)N1C[C@H](O)C[C@H]1C(CN=O)c1c[nH]c2cc(F)ccc12. The van der Waals surface area contributed by atoms with E-state index in [9.17, 15) is 19.2 Å². The fourth-order valence-electron chi connectivity index (χ4n) is 3.69. The maximum absolute atomic E-state index is 13.5. The number of rotatable bonds is 4. The van der Waals surface area contributed by atoms with E-state index in [1.165, 1.54) is 17.0 Å². The van der Waals surface area contributed by atoms with E-state index in [0.717, 1.165) is 10.9 Å². The van der Waals surface area contributed by atoms with Gasteiger partial charge in [0, 0.05) is 29.1 Å². The molecule has 1 unspecified atom stereocenters. The van der Waals surface area contributed by atoms with Crippen LogP contribution in [0.3, 0.4) is 0 Å². The number of β-amino-alcohol motifs (C(OH)–C–C–N with tert-alkyl or cyclic N) is 1. The van der Waals surface area contributed by atoms with E-state index in [4.69, 9.17) is 4.74 Å². The van der Waals surface area contributed by atoms with Crippen LogP contribution in [0.5, 0.6) is 0 Å². The number of aromatic nitrogens is 1. The lowest BCUT2D eigenvalue weighted by molar-refractivity contribution is 0.0191. The highest BCUT2D eigenvalue weighted by Gasteiger charge is 2.42. The van der Waals surface area contributed by atoms with Crippen molar-refractivity contribution < 1.29 is 19.0 Å². The van der Waals surface area contributed by atoms with E-state index in [1.807, 2.05) is 0 Å². The number of H-pyrrole nitrogens is 1. The molecule has 3 rings (SSSR count). The Morgan fingerprint density at radius 1 is 1.48 bits per heavy atom. The first-order chi connectivity index (χ1) is 12.7. The molecule has 1 amide bonds. The van der Waals surface area contributed by atoms with Gasteiger partial charge in [-0.25, -0.2) is 9.18 Å². The van der Waals surface area contributed by atoms with Crippen LogP contribution in [0, 0.1) is 10.7 Å². The average Bonchev–Trinajstić information content (AvgIpc) is 3.14. The Labute approximate surface area is 156 Å². The van der Waals surface area contributed by atoms with Gasteiger partial charge in [-0.15, -0.1) is 0 Å². The molecule has 1 aliphatic heterocycles. The summed E-state index contributed by atoms with van der Waals surface area (Å²) in [7, 11) is 0. The van der Waals surface area contributed by atoms with E-state index in [-0.39, 0.29) is 18.9 Å². The molecule has 1 aromatic heterocycles. The standard InChI is InChI=1S/C19H24FN3O4/c1-19(2,3)27-18(25)23-10-12(24)7-17(23)15(9-22-26)14-8-21-16-6-11(20)4-5-13(14)16/h4-6,8,12,15,17,21,24H,7,9-10H2,1-3H3/t12-,15?,17+/m1/s1. The van der Waals surface area contributed by atoms with Gasteiger partial charge >= 0.3 is 6.09 Å². The number of amides is 1. The highest BCUT2D eigenvalue weighted by Crippen LogP contribution is 2.36. The first-order valence-electron chi connectivity index (χ1n) is 8.93. The lowest BCUT2D eigenvalue weighted by atomic mass is 9.89. The zero-order valence-corrected chi connectivity index (χ0v) is 15.6. The van der Waals surface area contributed by atoms with E-state index in [0.29, 0.717) is 11.9 Å². The van der Waals surface area contributed by atoms with Gasteiger partial charge in [-0.2, -0.15) is 4.91 Å². The summed E-state index contributed by atoms with van der Waals surface area (Å²) in [5.41, 5.74) is 0.687. The summed E-state index contributed by atoms with van der Waals surface area (Å²) in [6.45, 7) is 5.37. The largest absolute Gasteiger partial charge is 0.444 e. The van der Waals surface area contributed by atoms with Crippen LogP contribution in [0.4, 0.5) is 9.18 Å². The molecular formula is C19H24FN3O4. The number of aliphatic hydroxyl groups is 1. The molecule has 1 aromatic carbocycles. The van der Waals surface area contributed by atoms with Crippen molar-refractivity contribution in [1.82, 2.24) is 9.88 Å². The molecule has 1 saturated heterocycles. The number of carbonyl (C=O) groups excluding carboxylic acids is 1. The lowest BCUT2D eigenvalue weighted by Crippen LogP contribution is -2.43. The van der Waals surface area contributed by atoms with Crippen LogP contribution in [-0.2, 0) is 4.74 Å². The highest BCUT2D eigenvalue weighted by atomic mass is 19.1. The summed E-state index contributed by atoms with van der Waals surface area (Å²) in [5.74, 6) is -0.806. The number of carbonyl (C=O) groups is 1. The molecule has 2 aromatic rings. The van der Waals surface area contributed by atoms with Gasteiger partial charge in [0.25, 0.3) is 0 Å². The topological polar surface area (TPSA) is 95.0 Å². The Balaban J connectivity index is 1.96. The first-order valence-corrected chi connectivity index (χ1v) is 8.93. The number of hydrogen-bond acceptors (Lipinski definition) is 5. The molecule has 0 bridgehead atoms. The molecule has 7 nitrogen and oxygen atoms in total. The number of ether oxygens (including phenoxy) is 1. The van der Waals surface area contributed by atoms with Crippen LogP contribution in [0.15, 0.2) is 29.6 Å². The second kappa shape index (κ2) is 7.26. The quantitative estimate of drug-likeness (QED) is 0.797. The maximum Gasteiger partial charge on any atom is 0.410 e. The van der Waals surface area contributed by atoms with Crippen molar-refractivity contribution in [3.63, 3.8) is 0 Å². The zero-order chi connectivity index (χ0) is 19.8. The molecule has 3 atom stereocenters. The van der Waals surface area contributed by atoms with Gasteiger partial charge in [-0.05, 0) is 51.0 Å². The smallest absolute Gasteiger partial charge is 0.410 e. The number of likely N-dealkylation sites (tertiary alicyclic amines) is 1. The summed E-state index contributed by atoms with van der Waals surface area (Å²) >= 11 is 0. The minimum absolute atomic E-state index is 0.0684. The summed E-state index contributed by atoms with van der Waals surface area (Å²) in [5, 5.41) is 14.0. The molecule has 0 radical (unpaired) electrons. The minimum atomic E-state index is -0.709. The van der Waals surface area contributed by atoms with Gasteiger partial charge in [0.2, 0.25) is 0 Å². The van der Waals surface area contributed by atoms with Crippen molar-refractivity contribution in [2.24, 2.45) is 5.18 Å². The van der Waals surface area contributed by atoms with Crippen molar-refractivity contribution in [2.45, 2.75) is 50.9 Å². The maximum atomic E-state index is 13.5. The van der Waals surface area contributed by atoms with Crippen LogP contribution in [0.1, 0.15) is 38.7 Å². The molecule has 2 N–H and O–H groups in total. The highest BCUT2D eigenvalue weighted by molar-refractivity contribution is 5.84. The summed E-state index contributed by atoms with van der Waals surface area (Å²) in [4.78, 5) is 28.2. The predicted molar refractivity (Wildman–Crippen MR) is 99.0 cm³/mol. The predicted octanol–water partition coefficient (Wildman–Crippen LogP) is 3.53. The number of nitroso groups, excluding NO2 is 1. The molecule has 2 heterocycles. The molecule has 0 spiro atoms. The van der Waals surface area contributed by atoms with Crippen LogP contribution in [0.2, 0.25) is 0 Å². The third-order valence-electron chi connectivity index (χ3n) is 4.76. The minimum Gasteiger partial charge on any atom is -0.444 e. The Morgan fingerprint density at radius 3 is 2.89 bits per heavy atom. The zero-order valence-electron chi connectivity index (χ0n) is 15.6.